The molecule has 130 valence electrons. The molecule has 2 rings (SSSR count). The van der Waals surface area contributed by atoms with Gasteiger partial charge in [-0.05, 0) is 36.8 Å². The van der Waals surface area contributed by atoms with Crippen molar-refractivity contribution in [1.29, 1.82) is 0 Å². The van der Waals surface area contributed by atoms with E-state index in [0.717, 1.165) is 13.1 Å². The summed E-state index contributed by atoms with van der Waals surface area (Å²) in [7, 11) is 0. The third-order valence-electron chi connectivity index (χ3n) is 5.25. The highest BCUT2D eigenvalue weighted by Gasteiger charge is 2.40. The lowest BCUT2D eigenvalue weighted by Gasteiger charge is -2.14. The largest absolute Gasteiger partial charge is 0.329 e. The third kappa shape index (κ3) is 7.05. The average Bonchev–Trinajstić information content (AvgIpc) is 3.37. The van der Waals surface area contributed by atoms with Crippen LogP contribution in [0.5, 0.6) is 0 Å². The van der Waals surface area contributed by atoms with E-state index < -0.39 is 0 Å². The molecule has 0 amide bonds. The molecule has 0 unspecified atom stereocenters. The summed E-state index contributed by atoms with van der Waals surface area (Å²) in [5, 5.41) is 3.61. The first-order chi connectivity index (χ1) is 11.3. The Morgan fingerprint density at radius 1 is 0.870 bits per heavy atom. The Bertz CT molecular complexity index is 420. The molecule has 1 fully saturated rings. The van der Waals surface area contributed by atoms with E-state index in [1.54, 1.807) is 0 Å². The Labute approximate surface area is 143 Å². The van der Waals surface area contributed by atoms with Crippen LogP contribution in [-0.2, 0) is 13.0 Å². The predicted octanol–water partition coefficient (Wildman–Crippen LogP) is 4.95. The number of unbranched alkanes of at least 4 members (excludes halogenated alkanes) is 7. The van der Waals surface area contributed by atoms with Gasteiger partial charge in [-0.1, -0.05) is 76.1 Å². The minimum atomic E-state index is 0.260. The van der Waals surface area contributed by atoms with Gasteiger partial charge in [0.15, 0.2) is 0 Å². The fourth-order valence-electron chi connectivity index (χ4n) is 3.18. The van der Waals surface area contributed by atoms with E-state index in [-0.39, 0.29) is 5.54 Å². The van der Waals surface area contributed by atoms with Gasteiger partial charge in [-0.15, -0.1) is 0 Å². The first-order valence-corrected chi connectivity index (χ1v) is 9.81. The molecule has 0 heterocycles. The molecule has 1 aliphatic rings. The minimum Gasteiger partial charge on any atom is -0.329 e. The monoisotopic (exact) mass is 316 g/mol. The molecule has 0 radical (unpaired) electrons. The molecule has 0 saturated heterocycles. The van der Waals surface area contributed by atoms with Crippen molar-refractivity contribution in [2.75, 3.05) is 6.54 Å². The maximum absolute atomic E-state index is 5.81. The predicted molar refractivity (Wildman–Crippen MR) is 101 cm³/mol. The van der Waals surface area contributed by atoms with Crippen LogP contribution in [0, 0.1) is 0 Å². The third-order valence-corrected chi connectivity index (χ3v) is 5.25. The second-order valence-corrected chi connectivity index (χ2v) is 7.38. The van der Waals surface area contributed by atoms with Gasteiger partial charge in [0.1, 0.15) is 0 Å². The van der Waals surface area contributed by atoms with E-state index >= 15 is 0 Å². The van der Waals surface area contributed by atoms with Gasteiger partial charge < -0.3 is 11.1 Å². The van der Waals surface area contributed by atoms with Gasteiger partial charge in [-0.2, -0.15) is 0 Å². The Morgan fingerprint density at radius 3 is 2.00 bits per heavy atom. The van der Waals surface area contributed by atoms with Gasteiger partial charge in [0.2, 0.25) is 0 Å². The lowest BCUT2D eigenvalue weighted by atomic mass is 10.0. The van der Waals surface area contributed by atoms with E-state index in [1.807, 2.05) is 0 Å². The Kier molecular flexibility index (Phi) is 8.11. The lowest BCUT2D eigenvalue weighted by Crippen LogP contribution is -2.37. The van der Waals surface area contributed by atoms with Crippen LogP contribution in [0.1, 0.15) is 82.3 Å². The summed E-state index contributed by atoms with van der Waals surface area (Å²) < 4.78 is 0. The highest BCUT2D eigenvalue weighted by atomic mass is 15.0. The van der Waals surface area contributed by atoms with Crippen molar-refractivity contribution in [2.24, 2.45) is 5.73 Å². The van der Waals surface area contributed by atoms with Crippen molar-refractivity contribution in [2.45, 2.75) is 89.6 Å². The highest BCUT2D eigenvalue weighted by Crippen LogP contribution is 2.34. The molecule has 23 heavy (non-hydrogen) atoms. The number of hydrogen-bond donors (Lipinski definition) is 2. The van der Waals surface area contributed by atoms with Gasteiger partial charge in [-0.3, -0.25) is 0 Å². The zero-order chi connectivity index (χ0) is 16.4. The van der Waals surface area contributed by atoms with Gasteiger partial charge >= 0.3 is 0 Å². The molecule has 0 spiro atoms. The smallest absolute Gasteiger partial charge is 0.0308 e. The summed E-state index contributed by atoms with van der Waals surface area (Å²) in [5.41, 5.74) is 8.93. The van der Waals surface area contributed by atoms with Gasteiger partial charge in [-0.25, -0.2) is 0 Å². The fourth-order valence-corrected chi connectivity index (χ4v) is 3.18. The number of benzene rings is 1. The van der Waals surface area contributed by atoms with E-state index in [9.17, 15) is 0 Å². The Morgan fingerprint density at radius 2 is 1.43 bits per heavy atom. The van der Waals surface area contributed by atoms with Gasteiger partial charge in [0.25, 0.3) is 0 Å². The van der Waals surface area contributed by atoms with Crippen LogP contribution in [0.4, 0.5) is 0 Å². The van der Waals surface area contributed by atoms with Crippen LogP contribution in [0.15, 0.2) is 24.3 Å². The second kappa shape index (κ2) is 10.1. The number of aryl methyl sites for hydroxylation is 1. The SMILES string of the molecule is CCCCCCCCCCc1ccc(CNC2(CN)CC2)cc1. The number of nitrogens with two attached hydrogens (primary N) is 1. The highest BCUT2D eigenvalue weighted by molar-refractivity contribution is 5.23. The zero-order valence-corrected chi connectivity index (χ0v) is 15.1. The van der Waals surface area contributed by atoms with Crippen molar-refractivity contribution in [3.8, 4) is 0 Å². The van der Waals surface area contributed by atoms with Crippen LogP contribution < -0.4 is 11.1 Å². The summed E-state index contributed by atoms with van der Waals surface area (Å²) in [5.74, 6) is 0. The van der Waals surface area contributed by atoms with E-state index in [1.165, 1.54) is 81.8 Å². The van der Waals surface area contributed by atoms with Crippen LogP contribution in [0.2, 0.25) is 0 Å². The number of nitrogens with one attached hydrogen (secondary N) is 1. The van der Waals surface area contributed by atoms with Gasteiger partial charge in [0.05, 0.1) is 0 Å². The maximum atomic E-state index is 5.81. The fraction of sp³-hybridized carbons (Fsp3) is 0.714. The molecule has 0 aliphatic heterocycles. The molecule has 3 N–H and O–H groups in total. The molecule has 0 atom stereocenters. The summed E-state index contributed by atoms with van der Waals surface area (Å²) in [4.78, 5) is 0. The van der Waals surface area contributed by atoms with E-state index in [0.29, 0.717) is 0 Å². The van der Waals surface area contributed by atoms with Crippen LogP contribution in [0.3, 0.4) is 0 Å². The van der Waals surface area contributed by atoms with Gasteiger partial charge in [0, 0.05) is 18.6 Å². The molecule has 1 aromatic rings. The summed E-state index contributed by atoms with van der Waals surface area (Å²) >= 11 is 0. The molecule has 2 heteroatoms. The number of hydrogen-bond acceptors (Lipinski definition) is 2. The molecular weight excluding hydrogens is 280 g/mol. The maximum Gasteiger partial charge on any atom is 0.0308 e. The quantitative estimate of drug-likeness (QED) is 0.505. The van der Waals surface area contributed by atoms with Crippen molar-refractivity contribution in [1.82, 2.24) is 5.32 Å². The average molecular weight is 317 g/mol. The van der Waals surface area contributed by atoms with Crippen LogP contribution in [-0.4, -0.2) is 12.1 Å². The topological polar surface area (TPSA) is 38.0 Å². The molecule has 1 saturated carbocycles. The van der Waals surface area contributed by atoms with Crippen molar-refractivity contribution >= 4 is 0 Å². The molecule has 1 aliphatic carbocycles. The van der Waals surface area contributed by atoms with Crippen molar-refractivity contribution < 1.29 is 0 Å². The summed E-state index contributed by atoms with van der Waals surface area (Å²) in [6.45, 7) is 4.00. The van der Waals surface area contributed by atoms with Crippen molar-refractivity contribution in [3.63, 3.8) is 0 Å². The number of rotatable bonds is 13. The van der Waals surface area contributed by atoms with Crippen LogP contribution >= 0.6 is 0 Å². The van der Waals surface area contributed by atoms with E-state index in [2.05, 4.69) is 36.5 Å². The summed E-state index contributed by atoms with van der Waals surface area (Å²) in [6.07, 6.45) is 14.9. The van der Waals surface area contributed by atoms with Crippen molar-refractivity contribution in [3.05, 3.63) is 35.4 Å². The Hall–Kier alpha value is -0.860. The standard InChI is InChI=1S/C21H36N2/c1-2-3-4-5-6-7-8-9-10-19-11-13-20(14-12-19)17-23-21(18-22)15-16-21/h11-14,23H,2-10,15-18,22H2,1H3. The molecular formula is C21H36N2. The Balaban J connectivity index is 1.54. The summed E-state index contributed by atoms with van der Waals surface area (Å²) in [6, 6.07) is 9.17. The zero-order valence-electron chi connectivity index (χ0n) is 15.1. The molecule has 0 bridgehead atoms. The van der Waals surface area contributed by atoms with E-state index in [4.69, 9.17) is 5.73 Å². The normalized spacial score (nSPS) is 15.7. The first kappa shape index (κ1) is 18.5. The van der Waals surface area contributed by atoms with Crippen LogP contribution in [0.25, 0.3) is 0 Å². The second-order valence-electron chi connectivity index (χ2n) is 7.38. The first-order valence-electron chi connectivity index (χ1n) is 9.81. The minimum absolute atomic E-state index is 0.260. The molecule has 0 aromatic heterocycles. The molecule has 2 nitrogen and oxygen atoms in total. The lowest BCUT2D eigenvalue weighted by molar-refractivity contribution is 0.505. The molecule has 1 aromatic carbocycles.